The van der Waals surface area contributed by atoms with Gasteiger partial charge in [0.2, 0.25) is 0 Å². The summed E-state index contributed by atoms with van der Waals surface area (Å²) in [5.41, 5.74) is 4.55. The van der Waals surface area contributed by atoms with Crippen LogP contribution in [0.4, 0.5) is 0 Å². The Morgan fingerprint density at radius 1 is 1.47 bits per heavy atom. The van der Waals surface area contributed by atoms with Crippen molar-refractivity contribution in [1.29, 1.82) is 0 Å². The van der Waals surface area contributed by atoms with Crippen molar-refractivity contribution in [3.63, 3.8) is 0 Å². The summed E-state index contributed by atoms with van der Waals surface area (Å²) in [5.74, 6) is 6.69. The smallest absolute Gasteiger partial charge is 0.0876 e. The van der Waals surface area contributed by atoms with Crippen LogP contribution in [0.1, 0.15) is 45.4 Å². The van der Waals surface area contributed by atoms with Gasteiger partial charge in [-0.05, 0) is 51.3 Å². The van der Waals surface area contributed by atoms with Gasteiger partial charge in [-0.15, -0.1) is 0 Å². The van der Waals surface area contributed by atoms with E-state index in [9.17, 15) is 0 Å². The summed E-state index contributed by atoms with van der Waals surface area (Å²) >= 11 is 0. The number of hydrogen-bond acceptors (Lipinski definition) is 4. The van der Waals surface area contributed by atoms with Crippen molar-refractivity contribution in [2.75, 3.05) is 20.7 Å². The van der Waals surface area contributed by atoms with Crippen LogP contribution in [0.25, 0.3) is 0 Å². The van der Waals surface area contributed by atoms with Gasteiger partial charge in [0.25, 0.3) is 0 Å². The van der Waals surface area contributed by atoms with Gasteiger partial charge in [0.15, 0.2) is 0 Å². The van der Waals surface area contributed by atoms with Gasteiger partial charge in [-0.2, -0.15) is 0 Å². The van der Waals surface area contributed by atoms with Gasteiger partial charge < -0.3 is 9.64 Å². The molecule has 1 aliphatic carbocycles. The highest BCUT2D eigenvalue weighted by Crippen LogP contribution is 2.41. The molecular weight excluding hydrogens is 238 g/mol. The third-order valence-corrected chi connectivity index (χ3v) is 4.94. The molecule has 0 aromatic heterocycles. The molecular formula is C15H29N3O. The molecule has 1 saturated carbocycles. The molecule has 0 aromatic carbocycles. The molecule has 2 aliphatic rings. The lowest BCUT2D eigenvalue weighted by atomic mass is 9.69. The monoisotopic (exact) mass is 267 g/mol. The summed E-state index contributed by atoms with van der Waals surface area (Å²) in [5, 5.41) is 0. The number of nitrogens with one attached hydrogen (secondary N) is 1. The fourth-order valence-electron chi connectivity index (χ4n) is 3.89. The van der Waals surface area contributed by atoms with Gasteiger partial charge in [-0.3, -0.25) is 11.3 Å². The molecule has 0 bridgehead atoms. The zero-order valence-corrected chi connectivity index (χ0v) is 12.6. The van der Waals surface area contributed by atoms with Gasteiger partial charge >= 0.3 is 0 Å². The maximum Gasteiger partial charge on any atom is 0.0876 e. The minimum Gasteiger partial charge on any atom is -0.501 e. The number of likely N-dealkylation sites (N-methyl/N-ethyl adjacent to an activating group) is 1. The number of hydrazine groups is 1. The van der Waals surface area contributed by atoms with E-state index >= 15 is 0 Å². The van der Waals surface area contributed by atoms with Crippen LogP contribution in [-0.4, -0.2) is 37.2 Å². The molecule has 4 nitrogen and oxygen atoms in total. The second-order valence-electron chi connectivity index (χ2n) is 6.47. The van der Waals surface area contributed by atoms with E-state index in [1.165, 1.54) is 31.3 Å². The summed E-state index contributed by atoms with van der Waals surface area (Å²) in [6, 6.07) is 0.200. The highest BCUT2D eigenvalue weighted by atomic mass is 16.5. The van der Waals surface area contributed by atoms with Gasteiger partial charge in [0.1, 0.15) is 0 Å². The minimum absolute atomic E-state index is 0.124. The standard InChI is InChI=1S/C15H29N3O/c1-12-6-4-8-15(10-12,18(2)3)14(17-16)13-7-5-9-19-11-13/h11-12,14,17H,4-10,16H2,1-3H3. The number of nitrogens with two attached hydrogens (primary N) is 1. The van der Waals surface area contributed by atoms with Crippen molar-refractivity contribution in [3.8, 4) is 0 Å². The Hall–Kier alpha value is -0.580. The first-order valence-corrected chi connectivity index (χ1v) is 7.54. The lowest BCUT2D eigenvalue weighted by molar-refractivity contribution is 0.0446. The minimum atomic E-state index is 0.124. The van der Waals surface area contributed by atoms with Crippen molar-refractivity contribution >= 4 is 0 Å². The number of ether oxygens (including phenoxy) is 1. The fraction of sp³-hybridized carbons (Fsp3) is 0.867. The van der Waals surface area contributed by atoms with Crippen LogP contribution in [0.5, 0.6) is 0 Å². The molecule has 0 saturated heterocycles. The third-order valence-electron chi connectivity index (χ3n) is 4.94. The maximum atomic E-state index is 5.93. The van der Waals surface area contributed by atoms with Gasteiger partial charge in [0.05, 0.1) is 18.9 Å². The average Bonchev–Trinajstić information content (AvgIpc) is 2.40. The largest absolute Gasteiger partial charge is 0.501 e. The molecule has 19 heavy (non-hydrogen) atoms. The van der Waals surface area contributed by atoms with Gasteiger partial charge in [-0.25, -0.2) is 0 Å². The quantitative estimate of drug-likeness (QED) is 0.604. The lowest BCUT2D eigenvalue weighted by Crippen LogP contribution is -2.63. The van der Waals surface area contributed by atoms with Crippen molar-refractivity contribution in [2.24, 2.45) is 11.8 Å². The van der Waals surface area contributed by atoms with E-state index in [4.69, 9.17) is 10.6 Å². The van der Waals surface area contributed by atoms with Crippen LogP contribution in [-0.2, 0) is 4.74 Å². The Morgan fingerprint density at radius 3 is 2.79 bits per heavy atom. The Balaban J connectivity index is 2.27. The molecule has 0 radical (unpaired) electrons. The lowest BCUT2D eigenvalue weighted by Gasteiger charge is -2.50. The molecule has 2 rings (SSSR count). The highest BCUT2D eigenvalue weighted by molar-refractivity contribution is 5.19. The second kappa shape index (κ2) is 6.25. The van der Waals surface area contributed by atoms with Gasteiger partial charge in [-0.1, -0.05) is 19.8 Å². The van der Waals surface area contributed by atoms with Crippen molar-refractivity contribution in [2.45, 2.75) is 57.0 Å². The average molecular weight is 267 g/mol. The molecule has 3 N–H and O–H groups in total. The molecule has 3 unspecified atom stereocenters. The predicted octanol–water partition coefficient (Wildman–Crippen LogP) is 2.02. The van der Waals surface area contributed by atoms with E-state index in [2.05, 4.69) is 31.3 Å². The first-order valence-electron chi connectivity index (χ1n) is 7.54. The zero-order chi connectivity index (χ0) is 13.9. The van der Waals surface area contributed by atoms with E-state index in [1.54, 1.807) is 0 Å². The fourth-order valence-corrected chi connectivity index (χ4v) is 3.89. The number of rotatable bonds is 4. The molecule has 1 aliphatic heterocycles. The summed E-state index contributed by atoms with van der Waals surface area (Å²) in [4.78, 5) is 2.38. The molecule has 0 spiro atoms. The van der Waals surface area contributed by atoms with E-state index in [0.29, 0.717) is 0 Å². The van der Waals surface area contributed by atoms with Crippen molar-refractivity contribution < 1.29 is 4.74 Å². The summed E-state index contributed by atoms with van der Waals surface area (Å²) < 4.78 is 5.53. The van der Waals surface area contributed by atoms with Crippen molar-refractivity contribution in [3.05, 3.63) is 11.8 Å². The Morgan fingerprint density at radius 2 is 2.26 bits per heavy atom. The van der Waals surface area contributed by atoms with Crippen LogP contribution in [0.15, 0.2) is 11.8 Å². The van der Waals surface area contributed by atoms with Crippen LogP contribution < -0.4 is 11.3 Å². The van der Waals surface area contributed by atoms with Crippen LogP contribution in [0.3, 0.4) is 0 Å². The second-order valence-corrected chi connectivity index (χ2v) is 6.47. The first-order chi connectivity index (χ1) is 9.10. The molecule has 3 atom stereocenters. The van der Waals surface area contributed by atoms with E-state index in [0.717, 1.165) is 25.4 Å². The van der Waals surface area contributed by atoms with Crippen molar-refractivity contribution in [1.82, 2.24) is 10.3 Å². The van der Waals surface area contributed by atoms with E-state index < -0.39 is 0 Å². The predicted molar refractivity (Wildman–Crippen MR) is 78.4 cm³/mol. The number of nitrogens with zero attached hydrogens (tertiary/aromatic N) is 1. The third kappa shape index (κ3) is 2.96. The SMILES string of the molecule is CC1CCCC(C(NN)C2=COCCC2)(N(C)C)C1. The topological polar surface area (TPSA) is 50.5 Å². The molecule has 4 heteroatoms. The van der Waals surface area contributed by atoms with Crippen LogP contribution >= 0.6 is 0 Å². The van der Waals surface area contributed by atoms with Crippen LogP contribution in [0, 0.1) is 5.92 Å². The molecule has 110 valence electrons. The molecule has 1 heterocycles. The summed E-state index contributed by atoms with van der Waals surface area (Å²) in [6.45, 7) is 3.20. The molecule has 0 amide bonds. The number of hydrogen-bond donors (Lipinski definition) is 2. The Kier molecular flexibility index (Phi) is 4.87. The Labute approximate surface area is 117 Å². The van der Waals surface area contributed by atoms with Crippen LogP contribution in [0.2, 0.25) is 0 Å². The first kappa shape index (κ1) is 14.8. The van der Waals surface area contributed by atoms with Gasteiger partial charge in [0, 0.05) is 5.54 Å². The molecule has 0 aromatic rings. The van der Waals surface area contributed by atoms with E-state index in [1.807, 2.05) is 6.26 Å². The molecule has 1 fully saturated rings. The normalized spacial score (nSPS) is 33.7. The highest BCUT2D eigenvalue weighted by Gasteiger charge is 2.45. The zero-order valence-electron chi connectivity index (χ0n) is 12.6. The maximum absolute atomic E-state index is 5.93. The van der Waals surface area contributed by atoms with E-state index in [-0.39, 0.29) is 11.6 Å². The summed E-state index contributed by atoms with van der Waals surface area (Å²) in [6.07, 6.45) is 9.16. The Bertz CT molecular complexity index is 329. The summed E-state index contributed by atoms with van der Waals surface area (Å²) in [7, 11) is 4.37.